The van der Waals surface area contributed by atoms with Gasteiger partial charge in [-0.2, -0.15) is 11.3 Å². The molecule has 0 spiro atoms. The molecule has 0 amide bonds. The summed E-state index contributed by atoms with van der Waals surface area (Å²) in [6, 6.07) is 4.02. The normalized spacial score (nSPS) is 15.3. The fourth-order valence-electron chi connectivity index (χ4n) is 2.32. The third-order valence-electron chi connectivity index (χ3n) is 3.26. The second-order valence-electron chi connectivity index (χ2n) is 4.49. The number of rotatable bonds is 2. The van der Waals surface area contributed by atoms with Crippen LogP contribution in [-0.2, 0) is 6.42 Å². The second kappa shape index (κ2) is 4.68. The molecule has 0 aliphatic carbocycles. The van der Waals surface area contributed by atoms with Gasteiger partial charge in [-0.15, -0.1) is 0 Å². The predicted octanol–water partition coefficient (Wildman–Crippen LogP) is 3.84. The molecule has 2 aromatic rings. The van der Waals surface area contributed by atoms with Crippen LogP contribution in [0, 0.1) is 6.92 Å². The average Bonchev–Trinajstić information content (AvgIpc) is 2.95. The van der Waals surface area contributed by atoms with Crippen molar-refractivity contribution in [2.24, 2.45) is 0 Å². The van der Waals surface area contributed by atoms with Crippen LogP contribution in [0.1, 0.15) is 28.4 Å². The van der Waals surface area contributed by atoms with Crippen LogP contribution in [0.25, 0.3) is 0 Å². The Morgan fingerprint density at radius 1 is 1.33 bits per heavy atom. The van der Waals surface area contributed by atoms with Crippen molar-refractivity contribution in [2.75, 3.05) is 6.61 Å². The van der Waals surface area contributed by atoms with E-state index in [1.165, 1.54) is 5.56 Å². The van der Waals surface area contributed by atoms with Crippen molar-refractivity contribution in [1.29, 1.82) is 0 Å². The molecular weight excluding hydrogens is 312 g/mol. The van der Waals surface area contributed by atoms with Gasteiger partial charge in [0, 0.05) is 16.5 Å². The van der Waals surface area contributed by atoms with E-state index in [1.54, 1.807) is 11.3 Å². The van der Waals surface area contributed by atoms with Crippen molar-refractivity contribution < 1.29 is 9.84 Å². The highest BCUT2D eigenvalue weighted by molar-refractivity contribution is 9.10. The molecule has 94 valence electrons. The molecule has 0 bridgehead atoms. The molecule has 4 heteroatoms. The molecule has 2 nitrogen and oxygen atoms in total. The van der Waals surface area contributed by atoms with Crippen LogP contribution in [0.4, 0.5) is 0 Å². The summed E-state index contributed by atoms with van der Waals surface area (Å²) in [4.78, 5) is 0. The Labute approximate surface area is 118 Å². The summed E-state index contributed by atoms with van der Waals surface area (Å²) in [5, 5.41) is 14.6. The summed E-state index contributed by atoms with van der Waals surface area (Å²) >= 11 is 5.12. The first kappa shape index (κ1) is 12.2. The fraction of sp³-hybridized carbons (Fsp3) is 0.286. The lowest BCUT2D eigenvalue weighted by molar-refractivity contribution is 0.213. The minimum atomic E-state index is -0.611. The number of aliphatic hydroxyl groups is 1. The Balaban J connectivity index is 2.10. The number of hydrogen-bond acceptors (Lipinski definition) is 3. The number of benzene rings is 1. The van der Waals surface area contributed by atoms with E-state index in [2.05, 4.69) is 27.4 Å². The molecule has 1 unspecified atom stereocenters. The molecule has 0 saturated heterocycles. The van der Waals surface area contributed by atoms with Gasteiger partial charge in [0.25, 0.3) is 0 Å². The van der Waals surface area contributed by atoms with Crippen molar-refractivity contribution in [3.63, 3.8) is 0 Å². The van der Waals surface area contributed by atoms with Crippen LogP contribution < -0.4 is 4.74 Å². The summed E-state index contributed by atoms with van der Waals surface area (Å²) in [6.07, 6.45) is 0.303. The maximum absolute atomic E-state index is 10.6. The van der Waals surface area contributed by atoms with E-state index in [4.69, 9.17) is 4.74 Å². The van der Waals surface area contributed by atoms with Crippen LogP contribution >= 0.6 is 27.3 Å². The first-order chi connectivity index (χ1) is 8.66. The number of thiophene rings is 1. The van der Waals surface area contributed by atoms with Gasteiger partial charge in [-0.3, -0.25) is 0 Å². The molecule has 1 aromatic carbocycles. The molecule has 0 radical (unpaired) electrons. The highest BCUT2D eigenvalue weighted by Crippen LogP contribution is 2.39. The largest absolute Gasteiger partial charge is 0.493 e. The molecule has 1 aliphatic heterocycles. The van der Waals surface area contributed by atoms with Gasteiger partial charge in [0.15, 0.2) is 0 Å². The number of ether oxygens (including phenoxy) is 1. The van der Waals surface area contributed by atoms with Crippen molar-refractivity contribution in [3.05, 3.63) is 49.6 Å². The monoisotopic (exact) mass is 324 g/mol. The van der Waals surface area contributed by atoms with E-state index >= 15 is 0 Å². The van der Waals surface area contributed by atoms with Gasteiger partial charge in [-0.25, -0.2) is 0 Å². The zero-order chi connectivity index (χ0) is 12.7. The SMILES string of the molecule is Cc1cscc1C(O)c1cc(Br)cc2c1OCC2. The summed E-state index contributed by atoms with van der Waals surface area (Å²) < 4.78 is 6.66. The Hall–Kier alpha value is -0.840. The van der Waals surface area contributed by atoms with E-state index in [0.717, 1.165) is 33.3 Å². The molecule has 1 aromatic heterocycles. The number of fused-ring (bicyclic) bond motifs is 1. The minimum absolute atomic E-state index is 0.611. The second-order valence-corrected chi connectivity index (χ2v) is 6.15. The van der Waals surface area contributed by atoms with Crippen LogP contribution in [0.5, 0.6) is 5.75 Å². The lowest BCUT2D eigenvalue weighted by Gasteiger charge is -2.15. The maximum atomic E-state index is 10.6. The van der Waals surface area contributed by atoms with E-state index in [1.807, 2.05) is 18.4 Å². The Bertz CT molecular complexity index is 591. The number of aryl methyl sites for hydroxylation is 1. The van der Waals surface area contributed by atoms with Gasteiger partial charge in [0.2, 0.25) is 0 Å². The molecule has 1 aliphatic rings. The zero-order valence-corrected chi connectivity index (χ0v) is 12.3. The summed E-state index contributed by atoms with van der Waals surface area (Å²) in [6.45, 7) is 2.72. The Morgan fingerprint density at radius 2 is 2.17 bits per heavy atom. The molecule has 2 heterocycles. The quantitative estimate of drug-likeness (QED) is 0.909. The first-order valence-electron chi connectivity index (χ1n) is 5.82. The Kier molecular flexibility index (Phi) is 3.18. The van der Waals surface area contributed by atoms with Crippen LogP contribution in [-0.4, -0.2) is 11.7 Å². The highest BCUT2D eigenvalue weighted by atomic mass is 79.9. The number of aliphatic hydroxyl groups excluding tert-OH is 1. The van der Waals surface area contributed by atoms with Gasteiger partial charge in [-0.05, 0) is 46.5 Å². The van der Waals surface area contributed by atoms with Crippen molar-refractivity contribution in [1.82, 2.24) is 0 Å². The molecular formula is C14H13BrO2S. The third kappa shape index (κ3) is 1.98. The number of hydrogen-bond donors (Lipinski definition) is 1. The number of halogens is 1. The lowest BCUT2D eigenvalue weighted by Crippen LogP contribution is -2.02. The molecule has 1 N–H and O–H groups in total. The first-order valence-corrected chi connectivity index (χ1v) is 7.56. The van der Waals surface area contributed by atoms with Crippen LogP contribution in [0.15, 0.2) is 27.4 Å². The van der Waals surface area contributed by atoms with E-state index in [-0.39, 0.29) is 0 Å². The Morgan fingerprint density at radius 3 is 2.89 bits per heavy atom. The molecule has 0 saturated carbocycles. The highest BCUT2D eigenvalue weighted by Gasteiger charge is 2.24. The average molecular weight is 325 g/mol. The standard InChI is InChI=1S/C14H13BrO2S/c1-8-6-18-7-12(8)13(16)11-5-10(15)4-9-2-3-17-14(9)11/h4-7,13,16H,2-3H2,1H3. The van der Waals surface area contributed by atoms with Gasteiger partial charge in [0.05, 0.1) is 6.61 Å². The van der Waals surface area contributed by atoms with Crippen molar-refractivity contribution >= 4 is 27.3 Å². The fourth-order valence-corrected chi connectivity index (χ4v) is 3.71. The van der Waals surface area contributed by atoms with Gasteiger partial charge < -0.3 is 9.84 Å². The third-order valence-corrected chi connectivity index (χ3v) is 4.60. The maximum Gasteiger partial charge on any atom is 0.128 e. The minimum Gasteiger partial charge on any atom is -0.493 e. The smallest absolute Gasteiger partial charge is 0.128 e. The van der Waals surface area contributed by atoms with Crippen molar-refractivity contribution in [2.45, 2.75) is 19.4 Å². The summed E-state index contributed by atoms with van der Waals surface area (Å²) in [5.41, 5.74) is 4.12. The van der Waals surface area contributed by atoms with Crippen LogP contribution in [0.2, 0.25) is 0 Å². The molecule has 0 fully saturated rings. The van der Waals surface area contributed by atoms with Gasteiger partial charge >= 0.3 is 0 Å². The van der Waals surface area contributed by atoms with Gasteiger partial charge in [-0.1, -0.05) is 15.9 Å². The lowest BCUT2D eigenvalue weighted by atomic mass is 9.98. The van der Waals surface area contributed by atoms with Crippen molar-refractivity contribution in [3.8, 4) is 5.75 Å². The molecule has 18 heavy (non-hydrogen) atoms. The summed E-state index contributed by atoms with van der Waals surface area (Å²) in [5.74, 6) is 0.858. The van der Waals surface area contributed by atoms with Crippen LogP contribution in [0.3, 0.4) is 0 Å². The van der Waals surface area contributed by atoms with E-state index in [0.29, 0.717) is 6.61 Å². The molecule has 1 atom stereocenters. The zero-order valence-electron chi connectivity index (χ0n) is 9.94. The summed E-state index contributed by atoms with van der Waals surface area (Å²) in [7, 11) is 0. The van der Waals surface area contributed by atoms with E-state index < -0.39 is 6.10 Å². The molecule has 3 rings (SSSR count). The topological polar surface area (TPSA) is 29.5 Å². The van der Waals surface area contributed by atoms with Gasteiger partial charge in [0.1, 0.15) is 11.9 Å². The predicted molar refractivity (Wildman–Crippen MR) is 76.5 cm³/mol. The van der Waals surface area contributed by atoms with E-state index in [9.17, 15) is 5.11 Å².